The highest BCUT2D eigenvalue weighted by Gasteiger charge is 2.09. The monoisotopic (exact) mass is 274 g/mol. The van der Waals surface area contributed by atoms with Gasteiger partial charge in [-0.15, -0.1) is 0 Å². The summed E-state index contributed by atoms with van der Waals surface area (Å²) < 4.78 is 5.23. The lowest BCUT2D eigenvalue weighted by atomic mass is 10.0. The number of aliphatic hydroxyl groups excluding tert-OH is 1. The van der Waals surface area contributed by atoms with Gasteiger partial charge in [0, 0.05) is 19.2 Å². The van der Waals surface area contributed by atoms with Crippen molar-refractivity contribution in [2.45, 2.75) is 12.5 Å². The van der Waals surface area contributed by atoms with E-state index in [-0.39, 0.29) is 12.6 Å². The Balaban J connectivity index is 2.21. The molecule has 0 aliphatic heterocycles. The van der Waals surface area contributed by atoms with Crippen molar-refractivity contribution < 1.29 is 9.84 Å². The molecule has 0 spiro atoms. The van der Waals surface area contributed by atoms with Crippen molar-refractivity contribution in [3.8, 4) is 5.75 Å². The number of aliphatic hydroxyl groups is 1. The largest absolute Gasteiger partial charge is 0.497 e. The molecule has 0 saturated carbocycles. The number of nitrogens with one attached hydrogen (secondary N) is 1. The fraction of sp³-hybridized carbons (Fsp3) is 0.375. The second kappa shape index (κ2) is 7.24. The van der Waals surface area contributed by atoms with E-state index in [1.54, 1.807) is 7.11 Å². The summed E-state index contributed by atoms with van der Waals surface area (Å²) in [6.07, 6.45) is 0.737. The highest BCUT2D eigenvalue weighted by atomic mass is 16.5. The summed E-state index contributed by atoms with van der Waals surface area (Å²) in [7, 11) is 1.67. The van der Waals surface area contributed by atoms with Crippen LogP contribution in [0.5, 0.6) is 5.75 Å². The predicted octanol–water partition coefficient (Wildman–Crippen LogP) is 1.82. The third kappa shape index (κ3) is 3.48. The number of methoxy groups -OCH3 is 1. The first-order valence-corrected chi connectivity index (χ1v) is 6.90. The molecule has 0 saturated heterocycles. The van der Waals surface area contributed by atoms with Gasteiger partial charge >= 0.3 is 0 Å². The lowest BCUT2D eigenvalue weighted by molar-refractivity contribution is 0.283. The van der Waals surface area contributed by atoms with Crippen LogP contribution in [0.2, 0.25) is 0 Å². The Bertz CT molecular complexity index is 557. The summed E-state index contributed by atoms with van der Waals surface area (Å²) in [5, 5.41) is 14.5. The Kier molecular flexibility index (Phi) is 5.35. The summed E-state index contributed by atoms with van der Waals surface area (Å²) in [6.45, 7) is 1.49. The van der Waals surface area contributed by atoms with Crippen LogP contribution in [0.15, 0.2) is 36.4 Å². The molecular formula is C16H22N2O2. The summed E-state index contributed by atoms with van der Waals surface area (Å²) in [6, 6.07) is 12.5. The van der Waals surface area contributed by atoms with Gasteiger partial charge in [0.1, 0.15) is 5.75 Å². The van der Waals surface area contributed by atoms with Crippen LogP contribution in [0.4, 0.5) is 0 Å². The number of ether oxygens (including phenoxy) is 1. The van der Waals surface area contributed by atoms with Crippen LogP contribution in [0.1, 0.15) is 18.0 Å². The molecule has 2 rings (SSSR count). The second-order valence-corrected chi connectivity index (χ2v) is 4.79. The Morgan fingerprint density at radius 1 is 1.20 bits per heavy atom. The first kappa shape index (κ1) is 14.8. The van der Waals surface area contributed by atoms with E-state index in [2.05, 4.69) is 29.6 Å². The van der Waals surface area contributed by atoms with E-state index in [4.69, 9.17) is 15.6 Å². The van der Waals surface area contributed by atoms with Crippen molar-refractivity contribution >= 4 is 10.8 Å². The quantitative estimate of drug-likeness (QED) is 0.674. The average molecular weight is 274 g/mol. The van der Waals surface area contributed by atoms with E-state index >= 15 is 0 Å². The van der Waals surface area contributed by atoms with Crippen LogP contribution >= 0.6 is 0 Å². The molecule has 0 heterocycles. The fourth-order valence-corrected chi connectivity index (χ4v) is 2.28. The van der Waals surface area contributed by atoms with Crippen molar-refractivity contribution in [2.24, 2.45) is 5.73 Å². The van der Waals surface area contributed by atoms with Gasteiger partial charge in [0.2, 0.25) is 0 Å². The van der Waals surface area contributed by atoms with Gasteiger partial charge in [0.25, 0.3) is 0 Å². The zero-order valence-corrected chi connectivity index (χ0v) is 11.8. The maximum atomic E-state index is 8.83. The number of fused-ring (bicyclic) bond motifs is 1. The van der Waals surface area contributed by atoms with Gasteiger partial charge in [0.05, 0.1) is 7.11 Å². The van der Waals surface area contributed by atoms with Crippen molar-refractivity contribution in [3.63, 3.8) is 0 Å². The fourth-order valence-electron chi connectivity index (χ4n) is 2.28. The molecule has 4 nitrogen and oxygen atoms in total. The maximum Gasteiger partial charge on any atom is 0.119 e. The third-order valence-electron chi connectivity index (χ3n) is 3.44. The molecule has 0 aliphatic carbocycles. The molecule has 0 aliphatic rings. The molecule has 1 unspecified atom stereocenters. The van der Waals surface area contributed by atoms with E-state index in [9.17, 15) is 0 Å². The van der Waals surface area contributed by atoms with Gasteiger partial charge in [-0.1, -0.05) is 18.2 Å². The molecule has 0 amide bonds. The van der Waals surface area contributed by atoms with Gasteiger partial charge in [-0.2, -0.15) is 0 Å². The second-order valence-electron chi connectivity index (χ2n) is 4.79. The molecule has 0 fully saturated rings. The van der Waals surface area contributed by atoms with Crippen LogP contribution in [0, 0.1) is 0 Å². The van der Waals surface area contributed by atoms with Crippen LogP contribution < -0.4 is 15.8 Å². The zero-order chi connectivity index (χ0) is 14.4. The van der Waals surface area contributed by atoms with Crippen LogP contribution in [0.3, 0.4) is 0 Å². The molecule has 20 heavy (non-hydrogen) atoms. The van der Waals surface area contributed by atoms with Crippen molar-refractivity contribution in [1.82, 2.24) is 5.32 Å². The number of rotatable bonds is 7. The molecular weight excluding hydrogens is 252 g/mol. The summed E-state index contributed by atoms with van der Waals surface area (Å²) >= 11 is 0. The number of hydrogen-bond donors (Lipinski definition) is 3. The molecule has 4 heteroatoms. The molecule has 1 atom stereocenters. The number of benzene rings is 2. The van der Waals surface area contributed by atoms with Gasteiger partial charge in [-0.25, -0.2) is 0 Å². The predicted molar refractivity (Wildman–Crippen MR) is 82.0 cm³/mol. The standard InChI is InChI=1S/C16H22N2O2/c1-20-15-6-5-12-9-14(4-3-13(12)10-15)16(11-17)18-7-2-8-19/h3-6,9-10,16,18-19H,2,7-8,11,17H2,1H3. The molecule has 0 radical (unpaired) electrons. The molecule has 0 aromatic heterocycles. The van der Waals surface area contributed by atoms with Gasteiger partial charge in [0.15, 0.2) is 0 Å². The minimum absolute atomic E-state index is 0.119. The minimum Gasteiger partial charge on any atom is -0.497 e. The van der Waals surface area contributed by atoms with Crippen molar-refractivity contribution in [1.29, 1.82) is 0 Å². The first-order chi connectivity index (χ1) is 9.78. The van der Waals surface area contributed by atoms with Crippen LogP contribution in [-0.4, -0.2) is 31.9 Å². The molecule has 0 bridgehead atoms. The van der Waals surface area contributed by atoms with E-state index in [1.165, 1.54) is 10.9 Å². The minimum atomic E-state index is 0.119. The Hall–Kier alpha value is -1.62. The molecule has 108 valence electrons. The van der Waals surface area contributed by atoms with Crippen LogP contribution in [-0.2, 0) is 0 Å². The SMILES string of the molecule is COc1ccc2cc(C(CN)NCCCO)ccc2c1. The highest BCUT2D eigenvalue weighted by Crippen LogP contribution is 2.24. The molecule has 2 aromatic carbocycles. The molecule has 2 aromatic rings. The summed E-state index contributed by atoms with van der Waals surface area (Å²) in [5.41, 5.74) is 7.00. The Labute approximate surface area is 119 Å². The normalized spacial score (nSPS) is 12.6. The third-order valence-corrected chi connectivity index (χ3v) is 3.44. The lowest BCUT2D eigenvalue weighted by Gasteiger charge is -2.17. The van der Waals surface area contributed by atoms with E-state index in [0.717, 1.165) is 24.1 Å². The van der Waals surface area contributed by atoms with Gasteiger partial charge in [-0.3, -0.25) is 0 Å². The molecule has 4 N–H and O–H groups in total. The van der Waals surface area contributed by atoms with Gasteiger partial charge < -0.3 is 20.9 Å². The summed E-state index contributed by atoms with van der Waals surface area (Å²) in [4.78, 5) is 0. The number of nitrogens with two attached hydrogens (primary N) is 1. The summed E-state index contributed by atoms with van der Waals surface area (Å²) in [5.74, 6) is 0.863. The van der Waals surface area contributed by atoms with E-state index in [0.29, 0.717) is 6.54 Å². The lowest BCUT2D eigenvalue weighted by Crippen LogP contribution is -2.29. The van der Waals surface area contributed by atoms with Crippen molar-refractivity contribution in [2.75, 3.05) is 26.8 Å². The Morgan fingerprint density at radius 2 is 1.95 bits per heavy atom. The maximum absolute atomic E-state index is 8.83. The first-order valence-electron chi connectivity index (χ1n) is 6.90. The van der Waals surface area contributed by atoms with Crippen LogP contribution in [0.25, 0.3) is 10.8 Å². The number of hydrogen-bond acceptors (Lipinski definition) is 4. The smallest absolute Gasteiger partial charge is 0.119 e. The zero-order valence-electron chi connectivity index (χ0n) is 11.8. The van der Waals surface area contributed by atoms with Gasteiger partial charge in [-0.05, 0) is 47.5 Å². The van der Waals surface area contributed by atoms with E-state index < -0.39 is 0 Å². The average Bonchev–Trinajstić information content (AvgIpc) is 2.50. The van der Waals surface area contributed by atoms with Crippen molar-refractivity contribution in [3.05, 3.63) is 42.0 Å². The topological polar surface area (TPSA) is 67.5 Å². The Morgan fingerprint density at radius 3 is 2.65 bits per heavy atom. The highest BCUT2D eigenvalue weighted by molar-refractivity contribution is 5.84. The van der Waals surface area contributed by atoms with E-state index in [1.807, 2.05) is 12.1 Å².